The fraction of sp³-hybridized carbons (Fsp3) is 0.462. The molecule has 88 valence electrons. The molecule has 16 heavy (non-hydrogen) atoms. The number of amides is 1. The van der Waals surface area contributed by atoms with Crippen molar-refractivity contribution < 1.29 is 9.53 Å². The van der Waals surface area contributed by atoms with Gasteiger partial charge >= 0.3 is 6.09 Å². The molecule has 0 aliphatic heterocycles. The summed E-state index contributed by atoms with van der Waals surface area (Å²) in [5.41, 5.74) is 4.90. The number of ether oxygens (including phenoxy) is 1. The second-order valence-electron chi connectivity index (χ2n) is 4.19. The van der Waals surface area contributed by atoms with Crippen molar-refractivity contribution in [3.63, 3.8) is 0 Å². The summed E-state index contributed by atoms with van der Waals surface area (Å²) in [7, 11) is 3.13. The number of carbonyl (C=O) groups excluding carboxylic acids is 1. The third-order valence-electron chi connectivity index (χ3n) is 2.85. The van der Waals surface area contributed by atoms with Crippen LogP contribution in [0.1, 0.15) is 22.3 Å². The molecule has 0 aliphatic carbocycles. The van der Waals surface area contributed by atoms with E-state index in [4.69, 9.17) is 0 Å². The van der Waals surface area contributed by atoms with E-state index in [9.17, 15) is 4.79 Å². The van der Waals surface area contributed by atoms with E-state index < -0.39 is 0 Å². The Morgan fingerprint density at radius 1 is 1.19 bits per heavy atom. The fourth-order valence-electron chi connectivity index (χ4n) is 1.67. The van der Waals surface area contributed by atoms with Crippen molar-refractivity contribution in [3.05, 3.63) is 34.4 Å². The average Bonchev–Trinajstić information content (AvgIpc) is 2.24. The van der Waals surface area contributed by atoms with Crippen LogP contribution in [0.3, 0.4) is 0 Å². The van der Waals surface area contributed by atoms with Gasteiger partial charge in [0.2, 0.25) is 0 Å². The van der Waals surface area contributed by atoms with E-state index in [1.165, 1.54) is 23.8 Å². The summed E-state index contributed by atoms with van der Waals surface area (Å²) < 4.78 is 4.67. The number of carbonyl (C=O) groups is 1. The molecule has 0 aromatic heterocycles. The number of benzene rings is 1. The maximum Gasteiger partial charge on any atom is 0.409 e. The molecule has 0 N–H and O–H groups in total. The number of rotatable bonds is 2. The zero-order valence-electron chi connectivity index (χ0n) is 10.6. The van der Waals surface area contributed by atoms with E-state index in [1.807, 2.05) is 0 Å². The molecule has 0 bridgehead atoms. The maximum atomic E-state index is 11.3. The third kappa shape index (κ3) is 2.75. The van der Waals surface area contributed by atoms with Crippen molar-refractivity contribution in [2.75, 3.05) is 14.2 Å². The Morgan fingerprint density at radius 2 is 1.75 bits per heavy atom. The van der Waals surface area contributed by atoms with Gasteiger partial charge in [0.05, 0.1) is 7.11 Å². The number of aryl methyl sites for hydroxylation is 3. The Kier molecular flexibility index (Phi) is 3.93. The summed E-state index contributed by atoms with van der Waals surface area (Å²) in [5.74, 6) is 0. The van der Waals surface area contributed by atoms with Crippen LogP contribution in [-0.4, -0.2) is 25.2 Å². The Hall–Kier alpha value is -1.51. The summed E-state index contributed by atoms with van der Waals surface area (Å²) in [6.07, 6.45) is -0.308. The number of nitrogens with zero attached hydrogens (tertiary/aromatic N) is 1. The van der Waals surface area contributed by atoms with Gasteiger partial charge < -0.3 is 9.64 Å². The smallest absolute Gasteiger partial charge is 0.409 e. The first kappa shape index (κ1) is 12.6. The van der Waals surface area contributed by atoms with Crippen LogP contribution in [0.15, 0.2) is 12.1 Å². The third-order valence-corrected chi connectivity index (χ3v) is 2.85. The molecule has 1 aromatic rings. The molecule has 0 saturated heterocycles. The summed E-state index contributed by atoms with van der Waals surface area (Å²) in [6.45, 7) is 6.82. The van der Waals surface area contributed by atoms with Crippen molar-refractivity contribution in [1.82, 2.24) is 4.90 Å². The van der Waals surface area contributed by atoms with Crippen LogP contribution in [0.5, 0.6) is 0 Å². The van der Waals surface area contributed by atoms with Gasteiger partial charge in [0.15, 0.2) is 0 Å². The zero-order valence-corrected chi connectivity index (χ0v) is 10.6. The van der Waals surface area contributed by atoms with E-state index >= 15 is 0 Å². The lowest BCUT2D eigenvalue weighted by Crippen LogP contribution is -2.26. The zero-order chi connectivity index (χ0) is 12.3. The standard InChI is InChI=1S/C13H19NO2/c1-9-6-11(3)12(7-10(9)2)8-14(4)13(15)16-5/h6-7H,8H2,1-5H3. The fourth-order valence-corrected chi connectivity index (χ4v) is 1.67. The predicted octanol–water partition coefficient (Wildman–Crippen LogP) is 2.81. The van der Waals surface area contributed by atoms with Crippen molar-refractivity contribution in [1.29, 1.82) is 0 Å². The molecule has 1 amide bonds. The highest BCUT2D eigenvalue weighted by molar-refractivity contribution is 5.67. The second kappa shape index (κ2) is 5.01. The normalized spacial score (nSPS) is 10.1. The van der Waals surface area contributed by atoms with Gasteiger partial charge in [0.25, 0.3) is 0 Å². The molecule has 0 unspecified atom stereocenters. The molecule has 0 aliphatic rings. The minimum Gasteiger partial charge on any atom is -0.453 e. The van der Waals surface area contributed by atoms with Gasteiger partial charge in [-0.05, 0) is 43.0 Å². The molecule has 0 saturated carbocycles. The lowest BCUT2D eigenvalue weighted by molar-refractivity contribution is 0.131. The van der Waals surface area contributed by atoms with Crippen LogP contribution in [0, 0.1) is 20.8 Å². The van der Waals surface area contributed by atoms with Crippen molar-refractivity contribution >= 4 is 6.09 Å². The largest absolute Gasteiger partial charge is 0.453 e. The van der Waals surface area contributed by atoms with Crippen molar-refractivity contribution in [3.8, 4) is 0 Å². The Balaban J connectivity index is 2.89. The first-order chi connectivity index (χ1) is 7.45. The molecule has 0 heterocycles. The molecule has 3 nitrogen and oxygen atoms in total. The van der Waals surface area contributed by atoms with E-state index in [2.05, 4.69) is 37.6 Å². The van der Waals surface area contributed by atoms with E-state index in [-0.39, 0.29) is 6.09 Å². The summed E-state index contributed by atoms with van der Waals surface area (Å²) in [4.78, 5) is 12.8. The minimum absolute atomic E-state index is 0.308. The molecule has 0 fully saturated rings. The van der Waals surface area contributed by atoms with Crippen LogP contribution in [0.4, 0.5) is 4.79 Å². The number of methoxy groups -OCH3 is 1. The molecule has 0 spiro atoms. The van der Waals surface area contributed by atoms with E-state index in [0.717, 1.165) is 5.56 Å². The van der Waals surface area contributed by atoms with Gasteiger partial charge in [-0.1, -0.05) is 12.1 Å². The molecular weight excluding hydrogens is 202 g/mol. The van der Waals surface area contributed by atoms with Gasteiger partial charge in [0, 0.05) is 13.6 Å². The average molecular weight is 221 g/mol. The highest BCUT2D eigenvalue weighted by Crippen LogP contribution is 2.16. The van der Waals surface area contributed by atoms with Gasteiger partial charge in [0.1, 0.15) is 0 Å². The van der Waals surface area contributed by atoms with Crippen molar-refractivity contribution in [2.24, 2.45) is 0 Å². The quantitative estimate of drug-likeness (QED) is 0.768. The highest BCUT2D eigenvalue weighted by Gasteiger charge is 2.10. The lowest BCUT2D eigenvalue weighted by Gasteiger charge is -2.18. The van der Waals surface area contributed by atoms with Crippen LogP contribution < -0.4 is 0 Å². The van der Waals surface area contributed by atoms with E-state index in [0.29, 0.717) is 6.54 Å². The first-order valence-corrected chi connectivity index (χ1v) is 5.31. The van der Waals surface area contributed by atoms with Gasteiger partial charge in [-0.25, -0.2) is 4.79 Å². The van der Waals surface area contributed by atoms with Crippen LogP contribution in [-0.2, 0) is 11.3 Å². The summed E-state index contributed by atoms with van der Waals surface area (Å²) in [6, 6.07) is 4.28. The topological polar surface area (TPSA) is 29.5 Å². The lowest BCUT2D eigenvalue weighted by atomic mass is 10.0. The Bertz CT molecular complexity index is 399. The molecule has 1 aromatic carbocycles. The number of hydrogen-bond donors (Lipinski definition) is 0. The second-order valence-corrected chi connectivity index (χ2v) is 4.19. The highest BCUT2D eigenvalue weighted by atomic mass is 16.5. The number of hydrogen-bond acceptors (Lipinski definition) is 2. The minimum atomic E-state index is -0.308. The van der Waals surface area contributed by atoms with E-state index in [1.54, 1.807) is 11.9 Å². The maximum absolute atomic E-state index is 11.3. The first-order valence-electron chi connectivity index (χ1n) is 5.31. The Labute approximate surface area is 97.0 Å². The SMILES string of the molecule is COC(=O)N(C)Cc1cc(C)c(C)cc1C. The van der Waals surface area contributed by atoms with Gasteiger partial charge in [-0.2, -0.15) is 0 Å². The van der Waals surface area contributed by atoms with Crippen molar-refractivity contribution in [2.45, 2.75) is 27.3 Å². The Morgan fingerprint density at radius 3 is 2.31 bits per heavy atom. The van der Waals surface area contributed by atoms with Gasteiger partial charge in [-0.15, -0.1) is 0 Å². The van der Waals surface area contributed by atoms with Crippen LogP contribution >= 0.6 is 0 Å². The van der Waals surface area contributed by atoms with Gasteiger partial charge in [-0.3, -0.25) is 0 Å². The molecule has 3 heteroatoms. The molecular formula is C13H19NO2. The van der Waals surface area contributed by atoms with Crippen LogP contribution in [0.2, 0.25) is 0 Å². The van der Waals surface area contributed by atoms with Crippen LogP contribution in [0.25, 0.3) is 0 Å². The molecule has 0 radical (unpaired) electrons. The molecule has 1 rings (SSSR count). The predicted molar refractivity (Wildman–Crippen MR) is 64.5 cm³/mol. The summed E-state index contributed by atoms with van der Waals surface area (Å²) >= 11 is 0. The monoisotopic (exact) mass is 221 g/mol. The summed E-state index contributed by atoms with van der Waals surface area (Å²) in [5, 5.41) is 0. The molecule has 0 atom stereocenters.